The maximum Gasteiger partial charge on any atom is 0.0736 e. The van der Waals surface area contributed by atoms with Gasteiger partial charge in [-0.2, -0.15) is 0 Å². The van der Waals surface area contributed by atoms with Gasteiger partial charge >= 0.3 is 0 Å². The quantitative estimate of drug-likeness (QED) is 0.542. The third-order valence-electron chi connectivity index (χ3n) is 6.72. The van der Waals surface area contributed by atoms with E-state index in [2.05, 4.69) is 79.4 Å². The van der Waals surface area contributed by atoms with Gasteiger partial charge in [0.05, 0.1) is 8.07 Å². The van der Waals surface area contributed by atoms with Crippen LogP contribution < -0.4 is 0 Å². The Bertz CT molecular complexity index is 681. The van der Waals surface area contributed by atoms with Crippen molar-refractivity contribution in [1.82, 2.24) is 0 Å². The average molecular weight is 327 g/mol. The lowest BCUT2D eigenvalue weighted by molar-refractivity contribution is -0.0852. The summed E-state index contributed by atoms with van der Waals surface area (Å²) in [6.45, 7) is 22.2. The van der Waals surface area contributed by atoms with Crippen molar-refractivity contribution in [2.24, 2.45) is 10.8 Å². The Balaban J connectivity index is 2.36. The molecule has 2 aliphatic rings. The fourth-order valence-corrected chi connectivity index (χ4v) is 8.95. The monoisotopic (exact) mass is 326 g/mol. The summed E-state index contributed by atoms with van der Waals surface area (Å²) < 4.78 is 0. The second-order valence-electron chi connectivity index (χ2n) is 10.2. The molecule has 1 fully saturated rings. The van der Waals surface area contributed by atoms with Crippen LogP contribution in [-0.4, -0.2) is 8.07 Å². The van der Waals surface area contributed by atoms with Crippen molar-refractivity contribution in [3.05, 3.63) is 39.6 Å². The van der Waals surface area contributed by atoms with Gasteiger partial charge in [-0.3, -0.25) is 0 Å². The molecule has 0 amide bonds. The minimum absolute atomic E-state index is 0.247. The predicted molar refractivity (Wildman–Crippen MR) is 106 cm³/mol. The van der Waals surface area contributed by atoms with Crippen LogP contribution in [-0.2, 0) is 11.8 Å². The second-order valence-corrected chi connectivity index (χ2v) is 15.3. The highest BCUT2D eigenvalue weighted by molar-refractivity contribution is 6.84. The average Bonchev–Trinajstić information content (AvgIpc) is 2.73. The van der Waals surface area contributed by atoms with Gasteiger partial charge in [0.1, 0.15) is 0 Å². The molecule has 0 atom stereocenters. The van der Waals surface area contributed by atoms with Gasteiger partial charge < -0.3 is 0 Å². The number of hydrogen-bond donors (Lipinski definition) is 0. The molecule has 1 saturated carbocycles. The molecule has 23 heavy (non-hydrogen) atoms. The SMILES string of the molecule is CCc1cc2c(cc1C)C1(C([Si](C)(C)C)=C2)C(C)(C)CC1(C)C. The third-order valence-corrected chi connectivity index (χ3v) is 8.85. The standard InChI is InChI=1S/C22H34Si/c1-10-16-12-17-13-19(23(7,8)9)22(18(17)11-15(16)2)20(3,4)14-21(22,5)6/h11-13H,10,14H2,1-9H3. The maximum atomic E-state index is 2.60. The van der Waals surface area contributed by atoms with E-state index in [4.69, 9.17) is 0 Å². The zero-order valence-electron chi connectivity index (χ0n) is 16.6. The van der Waals surface area contributed by atoms with Gasteiger partial charge in [0.15, 0.2) is 0 Å². The smallest absolute Gasteiger partial charge is 0.0691 e. The minimum atomic E-state index is -1.39. The van der Waals surface area contributed by atoms with Crippen molar-refractivity contribution < 1.29 is 0 Å². The lowest BCUT2D eigenvalue weighted by Crippen LogP contribution is -2.66. The number of aryl methyl sites for hydroxylation is 2. The van der Waals surface area contributed by atoms with Crippen LogP contribution in [0.5, 0.6) is 0 Å². The molecule has 0 aromatic heterocycles. The number of allylic oxidation sites excluding steroid dienone is 1. The van der Waals surface area contributed by atoms with Crippen LogP contribution in [0, 0.1) is 17.8 Å². The van der Waals surface area contributed by atoms with Crippen molar-refractivity contribution in [2.45, 2.75) is 79.4 Å². The molecule has 126 valence electrons. The van der Waals surface area contributed by atoms with Gasteiger partial charge in [0.2, 0.25) is 0 Å². The van der Waals surface area contributed by atoms with Gasteiger partial charge in [-0.25, -0.2) is 0 Å². The van der Waals surface area contributed by atoms with Gasteiger partial charge in [-0.1, -0.05) is 77.7 Å². The molecular weight excluding hydrogens is 292 g/mol. The van der Waals surface area contributed by atoms with E-state index >= 15 is 0 Å². The molecule has 0 radical (unpaired) electrons. The first kappa shape index (κ1) is 17.0. The van der Waals surface area contributed by atoms with E-state index in [0.717, 1.165) is 6.42 Å². The van der Waals surface area contributed by atoms with Crippen molar-refractivity contribution >= 4 is 14.1 Å². The molecule has 0 heterocycles. The fourth-order valence-electron chi connectivity index (χ4n) is 6.42. The fraction of sp³-hybridized carbons (Fsp3) is 0.636. The minimum Gasteiger partial charge on any atom is -0.0691 e. The summed E-state index contributed by atoms with van der Waals surface area (Å²) in [4.78, 5) is 0. The van der Waals surface area contributed by atoms with Crippen LogP contribution in [0.4, 0.5) is 0 Å². The van der Waals surface area contributed by atoms with Crippen LogP contribution in [0.15, 0.2) is 17.3 Å². The van der Waals surface area contributed by atoms with Crippen LogP contribution >= 0.6 is 0 Å². The van der Waals surface area contributed by atoms with E-state index in [0.29, 0.717) is 10.8 Å². The molecule has 1 heteroatoms. The van der Waals surface area contributed by atoms with E-state index in [1.807, 2.05) is 0 Å². The van der Waals surface area contributed by atoms with Crippen LogP contribution in [0.25, 0.3) is 6.08 Å². The Morgan fingerprint density at radius 2 is 1.57 bits per heavy atom. The summed E-state index contributed by atoms with van der Waals surface area (Å²) in [5, 5.41) is 1.79. The molecule has 0 unspecified atom stereocenters. The lowest BCUT2D eigenvalue weighted by Gasteiger charge is -2.69. The van der Waals surface area contributed by atoms with E-state index < -0.39 is 8.07 Å². The van der Waals surface area contributed by atoms with Gasteiger partial charge in [0.25, 0.3) is 0 Å². The Morgan fingerprint density at radius 1 is 1.00 bits per heavy atom. The number of benzene rings is 1. The second kappa shape index (κ2) is 4.62. The molecule has 0 bridgehead atoms. The predicted octanol–water partition coefficient (Wildman–Crippen LogP) is 6.53. The van der Waals surface area contributed by atoms with Crippen molar-refractivity contribution in [3.63, 3.8) is 0 Å². The van der Waals surface area contributed by atoms with Crippen LogP contribution in [0.2, 0.25) is 19.6 Å². The molecular formula is C22H34Si. The molecule has 2 aliphatic carbocycles. The van der Waals surface area contributed by atoms with Gasteiger partial charge in [-0.05, 0) is 52.8 Å². The molecule has 1 spiro atoms. The summed E-state index contributed by atoms with van der Waals surface area (Å²) in [6.07, 6.45) is 5.05. The van der Waals surface area contributed by atoms with Crippen LogP contribution in [0.1, 0.15) is 63.3 Å². The van der Waals surface area contributed by atoms with E-state index in [1.54, 1.807) is 10.8 Å². The summed E-state index contributed by atoms with van der Waals surface area (Å²) in [5.41, 5.74) is 7.10. The number of fused-ring (bicyclic) bond motifs is 2. The summed E-state index contributed by atoms with van der Waals surface area (Å²) in [6, 6.07) is 5.03. The van der Waals surface area contributed by atoms with E-state index in [1.165, 1.54) is 23.1 Å². The Kier molecular flexibility index (Phi) is 3.42. The summed E-state index contributed by atoms with van der Waals surface area (Å²) in [5.74, 6) is 0. The Labute approximate surface area is 144 Å². The normalized spacial score (nSPS) is 23.4. The molecule has 3 rings (SSSR count). The Hall–Kier alpha value is -0.823. The van der Waals surface area contributed by atoms with E-state index in [9.17, 15) is 0 Å². The summed E-state index contributed by atoms with van der Waals surface area (Å²) in [7, 11) is -1.39. The zero-order valence-corrected chi connectivity index (χ0v) is 17.6. The first-order chi connectivity index (χ1) is 10.4. The topological polar surface area (TPSA) is 0 Å². The molecule has 0 nitrogen and oxygen atoms in total. The summed E-state index contributed by atoms with van der Waals surface area (Å²) >= 11 is 0. The molecule has 0 aliphatic heterocycles. The third kappa shape index (κ3) is 1.95. The highest BCUT2D eigenvalue weighted by Gasteiger charge is 2.70. The molecule has 1 aromatic rings. The maximum absolute atomic E-state index is 2.60. The molecule has 0 saturated heterocycles. The highest BCUT2D eigenvalue weighted by atomic mass is 28.3. The zero-order chi connectivity index (χ0) is 17.4. The van der Waals surface area contributed by atoms with Gasteiger partial charge in [0, 0.05) is 5.41 Å². The number of rotatable bonds is 2. The highest BCUT2D eigenvalue weighted by Crippen LogP contribution is 2.74. The Morgan fingerprint density at radius 3 is 2.00 bits per heavy atom. The lowest BCUT2D eigenvalue weighted by atomic mass is 9.37. The van der Waals surface area contributed by atoms with Crippen LogP contribution in [0.3, 0.4) is 0 Å². The van der Waals surface area contributed by atoms with E-state index in [-0.39, 0.29) is 5.41 Å². The van der Waals surface area contributed by atoms with Gasteiger partial charge in [-0.15, -0.1) is 0 Å². The van der Waals surface area contributed by atoms with Crippen molar-refractivity contribution in [3.8, 4) is 0 Å². The largest absolute Gasteiger partial charge is 0.0736 e. The first-order valence-corrected chi connectivity index (χ1v) is 12.7. The van der Waals surface area contributed by atoms with Crippen molar-refractivity contribution in [2.75, 3.05) is 0 Å². The molecule has 1 aromatic carbocycles. The van der Waals surface area contributed by atoms with Crippen molar-refractivity contribution in [1.29, 1.82) is 0 Å². The first-order valence-electron chi connectivity index (χ1n) is 9.25. The number of hydrogen-bond acceptors (Lipinski definition) is 0. The molecule has 0 N–H and O–H groups in total.